The lowest BCUT2D eigenvalue weighted by molar-refractivity contribution is -0.528. The lowest BCUT2D eigenvalue weighted by atomic mass is 10.1. The first kappa shape index (κ1) is 10.8. The summed E-state index contributed by atoms with van der Waals surface area (Å²) in [4.78, 5) is 10.6. The highest BCUT2D eigenvalue weighted by atomic mass is 16.6. The van der Waals surface area contributed by atoms with E-state index in [9.17, 15) is 10.1 Å². The van der Waals surface area contributed by atoms with E-state index in [0.717, 1.165) is 45.6 Å². The van der Waals surface area contributed by atoms with E-state index in [0.29, 0.717) is 6.54 Å². The van der Waals surface area contributed by atoms with Crippen LogP contribution >= 0.6 is 0 Å². The predicted molar refractivity (Wildman–Crippen MR) is 56.0 cm³/mol. The van der Waals surface area contributed by atoms with Gasteiger partial charge in [-0.1, -0.05) is 0 Å². The minimum atomic E-state index is -0.367. The van der Waals surface area contributed by atoms with Crippen molar-refractivity contribution in [2.75, 3.05) is 39.3 Å². The standard InChI is InChI=1S/C9H18N4O2/c14-13(15)9-2-1-5-12(8-9)11-6-3-10-4-7-11/h9-10H,1-8H2. The summed E-state index contributed by atoms with van der Waals surface area (Å²) in [5.74, 6) is 0. The average molecular weight is 214 g/mol. The van der Waals surface area contributed by atoms with Crippen LogP contribution in [0.15, 0.2) is 0 Å². The first-order valence-electron chi connectivity index (χ1n) is 5.61. The first-order valence-corrected chi connectivity index (χ1v) is 5.61. The Balaban J connectivity index is 1.88. The van der Waals surface area contributed by atoms with E-state index in [4.69, 9.17) is 0 Å². The summed E-state index contributed by atoms with van der Waals surface area (Å²) in [6.45, 7) is 5.49. The summed E-state index contributed by atoms with van der Waals surface area (Å²) in [5.41, 5.74) is 0. The van der Waals surface area contributed by atoms with Crippen LogP contribution in [-0.4, -0.2) is 60.3 Å². The third-order valence-corrected chi connectivity index (χ3v) is 3.17. The van der Waals surface area contributed by atoms with Crippen LogP contribution in [0.25, 0.3) is 0 Å². The molecule has 6 nitrogen and oxygen atoms in total. The smallest absolute Gasteiger partial charge is 0.227 e. The molecule has 0 bridgehead atoms. The third-order valence-electron chi connectivity index (χ3n) is 3.17. The number of hydrogen-bond acceptors (Lipinski definition) is 5. The van der Waals surface area contributed by atoms with Gasteiger partial charge in [0.25, 0.3) is 0 Å². The van der Waals surface area contributed by atoms with Crippen LogP contribution in [0.2, 0.25) is 0 Å². The van der Waals surface area contributed by atoms with E-state index in [1.165, 1.54) is 0 Å². The molecule has 0 saturated carbocycles. The zero-order valence-electron chi connectivity index (χ0n) is 8.89. The zero-order valence-corrected chi connectivity index (χ0v) is 8.89. The molecule has 15 heavy (non-hydrogen) atoms. The first-order chi connectivity index (χ1) is 7.27. The molecule has 0 aromatic heterocycles. The number of hydrogen-bond donors (Lipinski definition) is 1. The van der Waals surface area contributed by atoms with Crippen LogP contribution in [0.3, 0.4) is 0 Å². The Morgan fingerprint density at radius 2 is 1.93 bits per heavy atom. The number of rotatable bonds is 2. The van der Waals surface area contributed by atoms with E-state index >= 15 is 0 Å². The van der Waals surface area contributed by atoms with Gasteiger partial charge in [0.2, 0.25) is 6.04 Å². The third kappa shape index (κ3) is 2.64. The Bertz CT molecular complexity index is 230. The predicted octanol–water partition coefficient (Wildman–Crippen LogP) is -0.452. The molecule has 0 amide bonds. The maximum atomic E-state index is 10.7. The Morgan fingerprint density at radius 3 is 2.60 bits per heavy atom. The van der Waals surface area contributed by atoms with E-state index in [-0.39, 0.29) is 11.0 Å². The topological polar surface area (TPSA) is 61.7 Å². The monoisotopic (exact) mass is 214 g/mol. The number of hydrazine groups is 1. The average Bonchev–Trinajstić information content (AvgIpc) is 2.30. The number of piperazine rings is 1. The molecule has 2 saturated heterocycles. The number of piperidine rings is 1. The van der Waals surface area contributed by atoms with E-state index in [1.807, 2.05) is 0 Å². The highest BCUT2D eigenvalue weighted by molar-refractivity contribution is 4.74. The Morgan fingerprint density at radius 1 is 1.20 bits per heavy atom. The number of nitrogens with zero attached hydrogens (tertiary/aromatic N) is 3. The van der Waals surface area contributed by atoms with Crippen LogP contribution in [0, 0.1) is 10.1 Å². The van der Waals surface area contributed by atoms with Crippen LogP contribution in [0.5, 0.6) is 0 Å². The Kier molecular flexibility index (Phi) is 3.50. The molecular formula is C9H18N4O2. The van der Waals surface area contributed by atoms with Crippen molar-refractivity contribution in [3.63, 3.8) is 0 Å². The summed E-state index contributed by atoms with van der Waals surface area (Å²) < 4.78 is 0. The molecule has 86 valence electrons. The quantitative estimate of drug-likeness (QED) is 0.498. The molecule has 0 aromatic carbocycles. The summed E-state index contributed by atoms with van der Waals surface area (Å²) in [6.07, 6.45) is 1.67. The number of nitrogens with one attached hydrogen (secondary N) is 1. The second-order valence-corrected chi connectivity index (χ2v) is 4.20. The zero-order chi connectivity index (χ0) is 10.7. The Labute approximate surface area is 89.3 Å². The minimum Gasteiger partial charge on any atom is -0.314 e. The molecule has 0 radical (unpaired) electrons. The van der Waals surface area contributed by atoms with Crippen molar-refractivity contribution in [1.82, 2.24) is 15.3 Å². The molecule has 2 fully saturated rings. The highest BCUT2D eigenvalue weighted by Crippen LogP contribution is 2.14. The SMILES string of the molecule is O=[N+]([O-])C1CCCN(N2CCNCC2)C1. The van der Waals surface area contributed by atoms with Crippen molar-refractivity contribution in [2.45, 2.75) is 18.9 Å². The maximum absolute atomic E-state index is 10.7. The van der Waals surface area contributed by atoms with Crippen LogP contribution < -0.4 is 5.32 Å². The maximum Gasteiger partial charge on any atom is 0.227 e. The van der Waals surface area contributed by atoms with Crippen molar-refractivity contribution < 1.29 is 4.92 Å². The van der Waals surface area contributed by atoms with E-state index in [1.54, 1.807) is 0 Å². The van der Waals surface area contributed by atoms with Crippen molar-refractivity contribution in [3.05, 3.63) is 10.1 Å². The molecule has 1 atom stereocenters. The fourth-order valence-electron chi connectivity index (χ4n) is 2.30. The molecular weight excluding hydrogens is 196 g/mol. The van der Waals surface area contributed by atoms with Gasteiger partial charge in [-0.05, 0) is 6.42 Å². The van der Waals surface area contributed by atoms with Gasteiger partial charge < -0.3 is 5.32 Å². The summed E-state index contributed by atoms with van der Waals surface area (Å²) in [5, 5.41) is 18.4. The van der Waals surface area contributed by atoms with E-state index in [2.05, 4.69) is 15.3 Å². The van der Waals surface area contributed by atoms with Gasteiger partial charge in [0.05, 0.1) is 6.54 Å². The Hall–Kier alpha value is -0.720. The summed E-state index contributed by atoms with van der Waals surface area (Å²) in [6, 6.07) is -0.367. The van der Waals surface area contributed by atoms with Gasteiger partial charge in [0.1, 0.15) is 0 Å². The molecule has 0 aliphatic carbocycles. The summed E-state index contributed by atoms with van der Waals surface area (Å²) in [7, 11) is 0. The van der Waals surface area contributed by atoms with Crippen molar-refractivity contribution in [3.8, 4) is 0 Å². The van der Waals surface area contributed by atoms with Gasteiger partial charge in [-0.25, -0.2) is 10.0 Å². The van der Waals surface area contributed by atoms with Crippen LogP contribution in [0.1, 0.15) is 12.8 Å². The molecule has 0 spiro atoms. The molecule has 1 unspecified atom stereocenters. The largest absolute Gasteiger partial charge is 0.314 e. The van der Waals surface area contributed by atoms with Crippen molar-refractivity contribution in [2.24, 2.45) is 0 Å². The van der Waals surface area contributed by atoms with Gasteiger partial charge in [0, 0.05) is 44.1 Å². The fraction of sp³-hybridized carbons (Fsp3) is 1.00. The van der Waals surface area contributed by atoms with Crippen LogP contribution in [-0.2, 0) is 0 Å². The molecule has 2 rings (SSSR count). The molecule has 1 N–H and O–H groups in total. The van der Waals surface area contributed by atoms with Gasteiger partial charge in [0.15, 0.2) is 0 Å². The molecule has 2 aliphatic rings. The van der Waals surface area contributed by atoms with Gasteiger partial charge in [-0.3, -0.25) is 10.1 Å². The van der Waals surface area contributed by atoms with Crippen molar-refractivity contribution in [1.29, 1.82) is 0 Å². The highest BCUT2D eigenvalue weighted by Gasteiger charge is 2.31. The van der Waals surface area contributed by atoms with Crippen molar-refractivity contribution >= 4 is 0 Å². The lowest BCUT2D eigenvalue weighted by Crippen LogP contribution is -2.56. The van der Waals surface area contributed by atoms with Crippen LogP contribution in [0.4, 0.5) is 0 Å². The lowest BCUT2D eigenvalue weighted by Gasteiger charge is -2.40. The molecule has 6 heteroatoms. The fourth-order valence-corrected chi connectivity index (χ4v) is 2.30. The van der Waals surface area contributed by atoms with Gasteiger partial charge in [-0.2, -0.15) is 0 Å². The molecule has 0 aromatic rings. The van der Waals surface area contributed by atoms with Gasteiger partial charge >= 0.3 is 0 Å². The molecule has 2 heterocycles. The second-order valence-electron chi connectivity index (χ2n) is 4.20. The minimum absolute atomic E-state index is 0.131. The molecule has 2 aliphatic heterocycles. The number of nitro groups is 1. The second kappa shape index (κ2) is 4.87. The van der Waals surface area contributed by atoms with Gasteiger partial charge in [-0.15, -0.1) is 0 Å². The summed E-state index contributed by atoms with van der Waals surface area (Å²) >= 11 is 0. The van der Waals surface area contributed by atoms with E-state index < -0.39 is 0 Å². The normalized spacial score (nSPS) is 30.3.